The van der Waals surface area contributed by atoms with Crippen LogP contribution in [-0.2, 0) is 6.42 Å². The smallest absolute Gasteiger partial charge is 0.227 e. The first-order chi connectivity index (χ1) is 8.92. The van der Waals surface area contributed by atoms with Gasteiger partial charge in [0.25, 0.3) is 0 Å². The maximum atomic E-state index is 5.30. The molecule has 0 bridgehead atoms. The Hall–Kier alpha value is -1.20. The second-order valence-electron chi connectivity index (χ2n) is 4.71. The van der Waals surface area contributed by atoms with Crippen molar-refractivity contribution < 1.29 is 4.52 Å². The number of nitrogens with zero attached hydrogens (tertiary/aromatic N) is 2. The van der Waals surface area contributed by atoms with E-state index in [1.165, 1.54) is 19.3 Å². The van der Waals surface area contributed by atoms with Gasteiger partial charge in [-0.05, 0) is 37.3 Å². The lowest BCUT2D eigenvalue weighted by Crippen LogP contribution is -2.34. The van der Waals surface area contributed by atoms with Gasteiger partial charge in [-0.25, -0.2) is 0 Å². The summed E-state index contributed by atoms with van der Waals surface area (Å²) >= 11 is 1.65. The van der Waals surface area contributed by atoms with Crippen molar-refractivity contribution >= 4 is 11.3 Å². The van der Waals surface area contributed by atoms with Crippen LogP contribution in [0.25, 0.3) is 11.4 Å². The molecule has 0 radical (unpaired) electrons. The Balaban J connectivity index is 1.57. The highest BCUT2D eigenvalue weighted by molar-refractivity contribution is 7.08. The minimum atomic E-state index is 0.621. The molecule has 2 aromatic rings. The van der Waals surface area contributed by atoms with E-state index in [9.17, 15) is 0 Å². The molecule has 1 atom stereocenters. The van der Waals surface area contributed by atoms with Crippen LogP contribution >= 0.6 is 11.3 Å². The molecular formula is C13H17N3OS. The van der Waals surface area contributed by atoms with Gasteiger partial charge >= 0.3 is 0 Å². The minimum absolute atomic E-state index is 0.621. The van der Waals surface area contributed by atoms with E-state index < -0.39 is 0 Å². The van der Waals surface area contributed by atoms with Crippen molar-refractivity contribution in [1.29, 1.82) is 0 Å². The number of rotatable bonds is 4. The van der Waals surface area contributed by atoms with Gasteiger partial charge in [0.2, 0.25) is 11.7 Å². The fourth-order valence-electron chi connectivity index (χ4n) is 2.33. The van der Waals surface area contributed by atoms with E-state index in [1.807, 2.05) is 16.8 Å². The van der Waals surface area contributed by atoms with Gasteiger partial charge in [-0.1, -0.05) is 11.6 Å². The van der Waals surface area contributed by atoms with E-state index in [-0.39, 0.29) is 0 Å². The highest BCUT2D eigenvalue weighted by Crippen LogP contribution is 2.19. The molecule has 1 unspecified atom stereocenters. The Bertz CT molecular complexity index is 474. The quantitative estimate of drug-likeness (QED) is 0.921. The van der Waals surface area contributed by atoms with Crippen LogP contribution in [0, 0.1) is 0 Å². The molecule has 1 aliphatic heterocycles. The first-order valence-electron chi connectivity index (χ1n) is 6.50. The summed E-state index contributed by atoms with van der Waals surface area (Å²) in [6.07, 6.45) is 5.87. The third-order valence-electron chi connectivity index (χ3n) is 3.37. The molecule has 0 aliphatic carbocycles. The van der Waals surface area contributed by atoms with Gasteiger partial charge in [0.15, 0.2) is 0 Å². The molecule has 0 saturated carbocycles. The van der Waals surface area contributed by atoms with Crippen LogP contribution in [-0.4, -0.2) is 22.7 Å². The summed E-state index contributed by atoms with van der Waals surface area (Å²) < 4.78 is 5.30. The number of nitrogens with one attached hydrogen (secondary N) is 1. The third kappa shape index (κ3) is 2.79. The number of hydrogen-bond donors (Lipinski definition) is 1. The lowest BCUT2D eigenvalue weighted by atomic mass is 10.0. The lowest BCUT2D eigenvalue weighted by molar-refractivity contribution is 0.343. The number of piperidine rings is 1. The Labute approximate surface area is 110 Å². The zero-order valence-corrected chi connectivity index (χ0v) is 11.1. The van der Waals surface area contributed by atoms with Gasteiger partial charge in [-0.15, -0.1) is 0 Å². The Morgan fingerprint density at radius 3 is 3.22 bits per heavy atom. The Morgan fingerprint density at radius 2 is 2.44 bits per heavy atom. The van der Waals surface area contributed by atoms with Gasteiger partial charge in [-0.3, -0.25) is 0 Å². The molecule has 5 heteroatoms. The monoisotopic (exact) mass is 263 g/mol. The highest BCUT2D eigenvalue weighted by Gasteiger charge is 2.15. The number of hydrogen-bond acceptors (Lipinski definition) is 5. The molecule has 3 heterocycles. The number of thiophene rings is 1. The summed E-state index contributed by atoms with van der Waals surface area (Å²) in [7, 11) is 0. The van der Waals surface area contributed by atoms with Crippen molar-refractivity contribution in [2.45, 2.75) is 38.1 Å². The van der Waals surface area contributed by atoms with Gasteiger partial charge in [0, 0.05) is 23.4 Å². The van der Waals surface area contributed by atoms with E-state index in [0.717, 1.165) is 30.8 Å². The van der Waals surface area contributed by atoms with Gasteiger partial charge < -0.3 is 9.84 Å². The van der Waals surface area contributed by atoms with Crippen molar-refractivity contribution in [1.82, 2.24) is 15.5 Å². The van der Waals surface area contributed by atoms with Crippen LogP contribution in [0.4, 0.5) is 0 Å². The molecule has 1 N–H and O–H groups in total. The molecule has 4 nitrogen and oxygen atoms in total. The second-order valence-corrected chi connectivity index (χ2v) is 5.49. The summed E-state index contributed by atoms with van der Waals surface area (Å²) in [5.41, 5.74) is 1.05. The van der Waals surface area contributed by atoms with Crippen molar-refractivity contribution in [2.24, 2.45) is 0 Å². The maximum Gasteiger partial charge on any atom is 0.227 e. The Morgan fingerprint density at radius 1 is 1.44 bits per heavy atom. The standard InChI is InChI=1S/C13H17N3OS/c1-2-7-14-11(3-1)4-5-12-15-13(16-17-12)10-6-8-18-9-10/h6,8-9,11,14H,1-5,7H2. The molecule has 96 valence electrons. The molecule has 1 saturated heterocycles. The topological polar surface area (TPSA) is 51.0 Å². The molecule has 1 aliphatic rings. The first kappa shape index (κ1) is 11.9. The van der Waals surface area contributed by atoms with Crippen molar-refractivity contribution in [2.75, 3.05) is 6.54 Å². The second kappa shape index (κ2) is 5.63. The van der Waals surface area contributed by atoms with Crippen LogP contribution in [0.15, 0.2) is 21.3 Å². The normalized spacial score (nSPS) is 20.1. The maximum absolute atomic E-state index is 5.30. The third-order valence-corrected chi connectivity index (χ3v) is 4.05. The van der Waals surface area contributed by atoms with Gasteiger partial charge in [0.05, 0.1) is 0 Å². The van der Waals surface area contributed by atoms with Crippen molar-refractivity contribution in [3.8, 4) is 11.4 Å². The lowest BCUT2D eigenvalue weighted by Gasteiger charge is -2.22. The van der Waals surface area contributed by atoms with Crippen molar-refractivity contribution in [3.63, 3.8) is 0 Å². The Kier molecular flexibility index (Phi) is 3.71. The van der Waals surface area contributed by atoms with E-state index in [4.69, 9.17) is 4.52 Å². The molecule has 0 spiro atoms. The highest BCUT2D eigenvalue weighted by atomic mass is 32.1. The van der Waals surface area contributed by atoms with Crippen LogP contribution in [0.5, 0.6) is 0 Å². The van der Waals surface area contributed by atoms with E-state index in [1.54, 1.807) is 11.3 Å². The average molecular weight is 263 g/mol. The first-order valence-corrected chi connectivity index (χ1v) is 7.44. The molecule has 2 aromatic heterocycles. The predicted octanol–water partition coefficient (Wildman–Crippen LogP) is 2.87. The summed E-state index contributed by atoms with van der Waals surface area (Å²) in [5, 5.41) is 11.6. The summed E-state index contributed by atoms with van der Waals surface area (Å²) in [5.74, 6) is 1.46. The molecule has 18 heavy (non-hydrogen) atoms. The van der Waals surface area contributed by atoms with Crippen LogP contribution < -0.4 is 5.32 Å². The van der Waals surface area contributed by atoms with Crippen molar-refractivity contribution in [3.05, 3.63) is 22.7 Å². The fraction of sp³-hybridized carbons (Fsp3) is 0.538. The SMILES string of the molecule is c1cc(-c2noc(CCC3CCCCN3)n2)cs1. The molecule has 3 rings (SSSR count). The predicted molar refractivity (Wildman–Crippen MR) is 71.6 cm³/mol. The van der Waals surface area contributed by atoms with E-state index in [0.29, 0.717) is 11.9 Å². The molecule has 0 aromatic carbocycles. The number of aromatic nitrogens is 2. The van der Waals surface area contributed by atoms with Gasteiger partial charge in [0.1, 0.15) is 0 Å². The largest absolute Gasteiger partial charge is 0.339 e. The van der Waals surface area contributed by atoms with Crippen LogP contribution in [0.1, 0.15) is 31.6 Å². The molecule has 0 amide bonds. The summed E-state index contributed by atoms with van der Waals surface area (Å²) in [6, 6.07) is 2.64. The van der Waals surface area contributed by atoms with Crippen LogP contribution in [0.2, 0.25) is 0 Å². The molecule has 1 fully saturated rings. The van der Waals surface area contributed by atoms with Crippen LogP contribution in [0.3, 0.4) is 0 Å². The summed E-state index contributed by atoms with van der Waals surface area (Å²) in [6.45, 7) is 1.15. The van der Waals surface area contributed by atoms with E-state index >= 15 is 0 Å². The molecular weight excluding hydrogens is 246 g/mol. The fourth-order valence-corrected chi connectivity index (χ4v) is 2.97. The van der Waals surface area contributed by atoms with Gasteiger partial charge in [-0.2, -0.15) is 16.3 Å². The number of aryl methyl sites for hydroxylation is 1. The zero-order valence-electron chi connectivity index (χ0n) is 10.3. The van der Waals surface area contributed by atoms with E-state index in [2.05, 4.69) is 15.5 Å². The average Bonchev–Trinajstić information content (AvgIpc) is 3.08. The minimum Gasteiger partial charge on any atom is -0.339 e. The summed E-state index contributed by atoms with van der Waals surface area (Å²) in [4.78, 5) is 4.44. The zero-order chi connectivity index (χ0) is 12.2.